The molecule has 1 saturated heterocycles. The highest BCUT2D eigenvalue weighted by molar-refractivity contribution is 5.87. The van der Waals surface area contributed by atoms with Gasteiger partial charge in [-0.25, -0.2) is 0 Å². The summed E-state index contributed by atoms with van der Waals surface area (Å²) in [6.07, 6.45) is 4.40. The highest BCUT2D eigenvalue weighted by Gasteiger charge is 2.43. The molecule has 2 aliphatic rings. The lowest BCUT2D eigenvalue weighted by molar-refractivity contribution is -0.139. The fourth-order valence-corrected chi connectivity index (χ4v) is 3.01. The van der Waals surface area contributed by atoms with Gasteiger partial charge in [-0.2, -0.15) is 0 Å². The first-order valence-electron chi connectivity index (χ1n) is 7.39. The Hall–Kier alpha value is -0.610. The minimum absolute atomic E-state index is 0.248. The van der Waals surface area contributed by atoms with Crippen molar-refractivity contribution in [2.45, 2.75) is 45.1 Å². The van der Waals surface area contributed by atoms with Gasteiger partial charge in [0, 0.05) is 26.2 Å². The lowest BCUT2D eigenvalue weighted by atomic mass is 9.94. The summed E-state index contributed by atoms with van der Waals surface area (Å²) in [6, 6.07) is 0. The van der Waals surface area contributed by atoms with Gasteiger partial charge in [-0.1, -0.05) is 26.7 Å². The van der Waals surface area contributed by atoms with Crippen LogP contribution in [-0.4, -0.2) is 49.1 Å². The Morgan fingerprint density at radius 1 is 1.28 bits per heavy atom. The third-order valence-corrected chi connectivity index (χ3v) is 4.12. The lowest BCUT2D eigenvalue weighted by Crippen LogP contribution is -2.60. The van der Waals surface area contributed by atoms with E-state index >= 15 is 0 Å². The molecule has 0 aromatic carbocycles. The molecule has 18 heavy (non-hydrogen) atoms. The number of nitrogens with zero attached hydrogens (tertiary/aromatic N) is 1. The summed E-state index contributed by atoms with van der Waals surface area (Å²) in [5.74, 6) is 0.945. The average molecular weight is 253 g/mol. The van der Waals surface area contributed by atoms with E-state index in [2.05, 4.69) is 29.4 Å². The van der Waals surface area contributed by atoms with Crippen LogP contribution >= 0.6 is 0 Å². The summed E-state index contributed by atoms with van der Waals surface area (Å²) in [4.78, 5) is 14.8. The Balaban J connectivity index is 2.01. The van der Waals surface area contributed by atoms with E-state index in [1.54, 1.807) is 0 Å². The molecule has 1 heterocycles. The molecule has 4 nitrogen and oxygen atoms in total. The van der Waals surface area contributed by atoms with Gasteiger partial charge in [0.05, 0.1) is 5.54 Å². The Bertz CT molecular complexity index is 279. The van der Waals surface area contributed by atoms with Gasteiger partial charge in [0.25, 0.3) is 0 Å². The van der Waals surface area contributed by atoms with Gasteiger partial charge in [0.2, 0.25) is 5.91 Å². The maximum atomic E-state index is 12.8. The zero-order valence-electron chi connectivity index (χ0n) is 11.8. The average Bonchev–Trinajstić information content (AvgIpc) is 2.86. The molecular weight excluding hydrogens is 226 g/mol. The summed E-state index contributed by atoms with van der Waals surface area (Å²) in [7, 11) is 0. The zero-order valence-corrected chi connectivity index (χ0v) is 11.8. The van der Waals surface area contributed by atoms with Crippen LogP contribution in [0.4, 0.5) is 0 Å². The largest absolute Gasteiger partial charge is 0.339 e. The third kappa shape index (κ3) is 3.04. The van der Waals surface area contributed by atoms with E-state index in [1.807, 2.05) is 0 Å². The summed E-state index contributed by atoms with van der Waals surface area (Å²) < 4.78 is 0. The number of amides is 1. The van der Waals surface area contributed by atoms with Crippen molar-refractivity contribution in [2.75, 3.05) is 32.7 Å². The Kier molecular flexibility index (Phi) is 4.62. The van der Waals surface area contributed by atoms with Gasteiger partial charge in [0.1, 0.15) is 0 Å². The van der Waals surface area contributed by atoms with Crippen LogP contribution in [0.3, 0.4) is 0 Å². The van der Waals surface area contributed by atoms with E-state index in [0.29, 0.717) is 11.8 Å². The monoisotopic (exact) mass is 253 g/mol. The second-order valence-electron chi connectivity index (χ2n) is 6.11. The van der Waals surface area contributed by atoms with E-state index in [9.17, 15) is 4.79 Å². The highest BCUT2D eigenvalue weighted by Crippen LogP contribution is 2.31. The number of rotatable bonds is 4. The van der Waals surface area contributed by atoms with Crippen molar-refractivity contribution in [3.05, 3.63) is 0 Å². The maximum Gasteiger partial charge on any atom is 0.242 e. The van der Waals surface area contributed by atoms with Gasteiger partial charge >= 0.3 is 0 Å². The summed E-state index contributed by atoms with van der Waals surface area (Å²) in [6.45, 7) is 8.94. The Morgan fingerprint density at radius 2 is 1.89 bits per heavy atom. The maximum absolute atomic E-state index is 12.8. The molecule has 1 aliphatic carbocycles. The van der Waals surface area contributed by atoms with E-state index in [1.165, 1.54) is 12.8 Å². The van der Waals surface area contributed by atoms with Gasteiger partial charge < -0.3 is 15.5 Å². The lowest BCUT2D eigenvalue weighted by Gasteiger charge is -2.37. The van der Waals surface area contributed by atoms with Gasteiger partial charge in [-0.05, 0) is 25.3 Å². The van der Waals surface area contributed by atoms with Crippen LogP contribution in [-0.2, 0) is 4.79 Å². The molecule has 0 aromatic rings. The van der Waals surface area contributed by atoms with Crippen molar-refractivity contribution >= 4 is 5.91 Å². The fourth-order valence-electron chi connectivity index (χ4n) is 3.01. The molecule has 0 atom stereocenters. The van der Waals surface area contributed by atoms with Crippen LogP contribution in [0.2, 0.25) is 0 Å². The molecule has 1 aliphatic heterocycles. The van der Waals surface area contributed by atoms with Gasteiger partial charge in [-0.15, -0.1) is 0 Å². The molecule has 2 rings (SSSR count). The summed E-state index contributed by atoms with van der Waals surface area (Å²) in [5.41, 5.74) is -0.248. The van der Waals surface area contributed by atoms with E-state index in [4.69, 9.17) is 0 Å². The highest BCUT2D eigenvalue weighted by atomic mass is 16.2. The summed E-state index contributed by atoms with van der Waals surface area (Å²) >= 11 is 0. The van der Waals surface area contributed by atoms with Crippen molar-refractivity contribution in [3.63, 3.8) is 0 Å². The molecule has 0 bridgehead atoms. The first-order valence-corrected chi connectivity index (χ1v) is 7.39. The minimum atomic E-state index is -0.248. The number of carbonyl (C=O) groups excluding carboxylic acids is 1. The molecule has 0 radical (unpaired) electrons. The first-order chi connectivity index (χ1) is 8.64. The molecule has 4 heteroatoms. The molecule has 0 unspecified atom stereocenters. The number of hydrogen-bond acceptors (Lipinski definition) is 3. The number of nitrogens with one attached hydrogen (secondary N) is 2. The molecule has 104 valence electrons. The predicted molar refractivity (Wildman–Crippen MR) is 73.5 cm³/mol. The molecule has 0 spiro atoms. The predicted octanol–water partition coefficient (Wildman–Crippen LogP) is 0.977. The third-order valence-electron chi connectivity index (χ3n) is 4.12. The SMILES string of the molecule is CC(C)CNC1(C(=O)N2CCNCC2)CCCC1. The molecular formula is C14H27N3O. The van der Waals surface area contributed by atoms with Crippen LogP contribution in [0.15, 0.2) is 0 Å². The van der Waals surface area contributed by atoms with Crippen molar-refractivity contribution in [2.24, 2.45) is 5.92 Å². The molecule has 1 saturated carbocycles. The van der Waals surface area contributed by atoms with Crippen LogP contribution in [0, 0.1) is 5.92 Å². The molecule has 0 aromatic heterocycles. The number of piperazine rings is 1. The van der Waals surface area contributed by atoms with Crippen molar-refractivity contribution in [1.29, 1.82) is 0 Å². The van der Waals surface area contributed by atoms with Crippen LogP contribution < -0.4 is 10.6 Å². The van der Waals surface area contributed by atoms with E-state index in [-0.39, 0.29) is 5.54 Å². The molecule has 1 amide bonds. The Morgan fingerprint density at radius 3 is 2.44 bits per heavy atom. The fraction of sp³-hybridized carbons (Fsp3) is 0.929. The van der Waals surface area contributed by atoms with Crippen LogP contribution in [0.1, 0.15) is 39.5 Å². The standard InChI is InChI=1S/C14H27N3O/c1-12(2)11-16-14(5-3-4-6-14)13(18)17-9-7-15-8-10-17/h12,15-16H,3-11H2,1-2H3. The van der Waals surface area contributed by atoms with Gasteiger partial charge in [0.15, 0.2) is 0 Å². The number of hydrogen-bond donors (Lipinski definition) is 2. The van der Waals surface area contributed by atoms with E-state index < -0.39 is 0 Å². The topological polar surface area (TPSA) is 44.4 Å². The quantitative estimate of drug-likeness (QED) is 0.785. The van der Waals surface area contributed by atoms with Crippen LogP contribution in [0.25, 0.3) is 0 Å². The van der Waals surface area contributed by atoms with Crippen molar-refractivity contribution < 1.29 is 4.79 Å². The van der Waals surface area contributed by atoms with Crippen molar-refractivity contribution in [3.8, 4) is 0 Å². The second kappa shape index (κ2) is 6.02. The minimum Gasteiger partial charge on any atom is -0.339 e. The first kappa shape index (κ1) is 13.8. The normalized spacial score (nSPS) is 23.6. The van der Waals surface area contributed by atoms with E-state index in [0.717, 1.165) is 45.6 Å². The second-order valence-corrected chi connectivity index (χ2v) is 6.11. The zero-order chi connectivity index (χ0) is 13.0. The van der Waals surface area contributed by atoms with Gasteiger partial charge in [-0.3, -0.25) is 4.79 Å². The smallest absolute Gasteiger partial charge is 0.242 e. The van der Waals surface area contributed by atoms with Crippen LogP contribution in [0.5, 0.6) is 0 Å². The molecule has 2 N–H and O–H groups in total. The van der Waals surface area contributed by atoms with Crippen molar-refractivity contribution in [1.82, 2.24) is 15.5 Å². The molecule has 2 fully saturated rings. The number of carbonyl (C=O) groups is 1. The summed E-state index contributed by atoms with van der Waals surface area (Å²) in [5, 5.41) is 6.89. The Labute approximate surface area is 110 Å².